The van der Waals surface area contributed by atoms with Crippen LogP contribution >= 0.6 is 23.1 Å². The number of fused-ring (bicyclic) bond motifs is 2. The molecule has 1 aliphatic rings. The van der Waals surface area contributed by atoms with E-state index in [2.05, 4.69) is 15.3 Å². The van der Waals surface area contributed by atoms with E-state index in [-0.39, 0.29) is 18.3 Å². The molecule has 0 bridgehead atoms. The second kappa shape index (κ2) is 8.68. The average Bonchev–Trinajstić information content (AvgIpc) is 3.45. The number of amides is 1. The van der Waals surface area contributed by atoms with E-state index in [1.54, 1.807) is 6.92 Å². The number of H-pyrrole nitrogens is 1. The van der Waals surface area contributed by atoms with Crippen LogP contribution < -0.4 is 20.3 Å². The summed E-state index contributed by atoms with van der Waals surface area (Å²) in [7, 11) is 0. The van der Waals surface area contributed by atoms with Crippen LogP contribution in [0.15, 0.2) is 63.9 Å². The van der Waals surface area contributed by atoms with Crippen molar-refractivity contribution in [3.05, 3.63) is 69.8 Å². The Labute approximate surface area is 191 Å². The Morgan fingerprint density at radius 1 is 1.22 bits per heavy atom. The first-order chi connectivity index (χ1) is 15.6. The lowest BCUT2D eigenvalue weighted by atomic mass is 10.1. The largest absolute Gasteiger partial charge is 0.454 e. The number of hydrogen-bond donors (Lipinski definition) is 2. The summed E-state index contributed by atoms with van der Waals surface area (Å²) >= 11 is 2.65. The maximum atomic E-state index is 12.8. The molecule has 1 atom stereocenters. The molecule has 0 radical (unpaired) electrons. The van der Waals surface area contributed by atoms with E-state index in [1.807, 2.05) is 53.9 Å². The van der Waals surface area contributed by atoms with Gasteiger partial charge in [0.2, 0.25) is 12.7 Å². The summed E-state index contributed by atoms with van der Waals surface area (Å²) in [6, 6.07) is 15.3. The van der Waals surface area contributed by atoms with Gasteiger partial charge in [-0.1, -0.05) is 48.2 Å². The van der Waals surface area contributed by atoms with E-state index in [9.17, 15) is 9.59 Å². The predicted octanol–water partition coefficient (Wildman–Crippen LogP) is 4.18. The summed E-state index contributed by atoms with van der Waals surface area (Å²) < 4.78 is 10.7. The standard InChI is InChI=1S/C23H19N3O4S2/c1-13(20(27)24-10-14-7-8-17-18(9-14)30-12-29-17)32-23-25-21(28)19-16(11-31-22(19)26-23)15-5-3-2-4-6-15/h2-9,11,13H,10,12H2,1H3,(H,24,27)(H,25,26,28)/t13-/m0/s1. The lowest BCUT2D eigenvalue weighted by Crippen LogP contribution is -2.30. The fraction of sp³-hybridized carbons (Fsp3) is 0.174. The smallest absolute Gasteiger partial charge is 0.260 e. The van der Waals surface area contributed by atoms with Gasteiger partial charge in [-0.25, -0.2) is 4.98 Å². The monoisotopic (exact) mass is 465 g/mol. The maximum absolute atomic E-state index is 12.8. The summed E-state index contributed by atoms with van der Waals surface area (Å²) in [6.07, 6.45) is 0. The summed E-state index contributed by atoms with van der Waals surface area (Å²) in [5.74, 6) is 1.24. The van der Waals surface area contributed by atoms with Crippen molar-refractivity contribution in [1.82, 2.24) is 15.3 Å². The highest BCUT2D eigenvalue weighted by Crippen LogP contribution is 2.33. The molecule has 2 aromatic carbocycles. The molecule has 2 N–H and O–H groups in total. The second-order valence-electron chi connectivity index (χ2n) is 7.23. The molecule has 0 aliphatic carbocycles. The quantitative estimate of drug-likeness (QED) is 0.328. The van der Waals surface area contributed by atoms with E-state index in [0.29, 0.717) is 33.4 Å². The van der Waals surface area contributed by atoms with Gasteiger partial charge < -0.3 is 19.8 Å². The van der Waals surface area contributed by atoms with Crippen molar-refractivity contribution in [3.8, 4) is 22.6 Å². The number of carbonyl (C=O) groups excluding carboxylic acids is 1. The molecule has 0 spiro atoms. The Balaban J connectivity index is 1.27. The lowest BCUT2D eigenvalue weighted by molar-refractivity contribution is -0.120. The number of thiophene rings is 1. The molecule has 32 heavy (non-hydrogen) atoms. The molecule has 4 aromatic rings. The summed E-state index contributed by atoms with van der Waals surface area (Å²) in [4.78, 5) is 33.4. The topological polar surface area (TPSA) is 93.3 Å². The molecule has 2 aromatic heterocycles. The SMILES string of the molecule is C[C@H](Sc1nc2scc(-c3ccccc3)c2c(=O)[nH]1)C(=O)NCc1ccc2c(c1)OCO2. The van der Waals surface area contributed by atoms with Gasteiger partial charge in [-0.2, -0.15) is 0 Å². The number of aromatic nitrogens is 2. The molecular weight excluding hydrogens is 446 g/mol. The molecule has 7 nitrogen and oxygen atoms in total. The molecule has 0 saturated heterocycles. The van der Waals surface area contributed by atoms with Crippen molar-refractivity contribution in [1.29, 1.82) is 0 Å². The number of carbonyl (C=O) groups is 1. The first-order valence-electron chi connectivity index (χ1n) is 9.98. The Bertz CT molecular complexity index is 1350. The van der Waals surface area contributed by atoms with Gasteiger partial charge in [-0.15, -0.1) is 11.3 Å². The van der Waals surface area contributed by atoms with Crippen molar-refractivity contribution < 1.29 is 14.3 Å². The fourth-order valence-corrected chi connectivity index (χ4v) is 5.25. The molecule has 162 valence electrons. The van der Waals surface area contributed by atoms with Crippen LogP contribution in [0, 0.1) is 0 Å². The zero-order valence-electron chi connectivity index (χ0n) is 17.1. The minimum absolute atomic E-state index is 0.147. The van der Waals surface area contributed by atoms with Crippen molar-refractivity contribution >= 4 is 39.2 Å². The number of benzene rings is 2. The van der Waals surface area contributed by atoms with Crippen molar-refractivity contribution in [3.63, 3.8) is 0 Å². The van der Waals surface area contributed by atoms with Gasteiger partial charge in [0, 0.05) is 17.5 Å². The Morgan fingerprint density at radius 3 is 2.88 bits per heavy atom. The number of hydrogen-bond acceptors (Lipinski definition) is 7. The van der Waals surface area contributed by atoms with Gasteiger partial charge in [0.15, 0.2) is 16.7 Å². The van der Waals surface area contributed by atoms with Crippen LogP contribution in [-0.4, -0.2) is 27.9 Å². The van der Waals surface area contributed by atoms with Gasteiger partial charge in [-0.05, 0) is 30.2 Å². The van der Waals surface area contributed by atoms with E-state index in [1.165, 1.54) is 23.1 Å². The van der Waals surface area contributed by atoms with E-state index >= 15 is 0 Å². The number of rotatable bonds is 6. The third-order valence-electron chi connectivity index (χ3n) is 5.07. The molecule has 5 rings (SSSR count). The third-order valence-corrected chi connectivity index (χ3v) is 6.92. The average molecular weight is 466 g/mol. The first-order valence-corrected chi connectivity index (χ1v) is 11.7. The fourth-order valence-electron chi connectivity index (χ4n) is 3.42. The molecular formula is C23H19N3O4S2. The first kappa shape index (κ1) is 20.6. The van der Waals surface area contributed by atoms with Crippen LogP contribution in [0.25, 0.3) is 21.3 Å². The third kappa shape index (κ3) is 4.09. The molecule has 9 heteroatoms. The molecule has 0 fully saturated rings. The van der Waals surface area contributed by atoms with Crippen molar-refractivity contribution in [2.75, 3.05) is 6.79 Å². The zero-order chi connectivity index (χ0) is 22.1. The highest BCUT2D eigenvalue weighted by atomic mass is 32.2. The molecule has 3 heterocycles. The number of thioether (sulfide) groups is 1. The maximum Gasteiger partial charge on any atom is 0.260 e. The number of ether oxygens (including phenoxy) is 2. The Morgan fingerprint density at radius 2 is 2.03 bits per heavy atom. The number of nitrogens with zero attached hydrogens (tertiary/aromatic N) is 1. The highest BCUT2D eigenvalue weighted by molar-refractivity contribution is 8.00. The molecule has 1 aliphatic heterocycles. The summed E-state index contributed by atoms with van der Waals surface area (Å²) in [5, 5.41) is 5.42. The molecule has 0 saturated carbocycles. The summed E-state index contributed by atoms with van der Waals surface area (Å²) in [6.45, 7) is 2.37. The van der Waals surface area contributed by atoms with Gasteiger partial charge >= 0.3 is 0 Å². The van der Waals surface area contributed by atoms with Gasteiger partial charge in [0.25, 0.3) is 5.56 Å². The molecule has 1 amide bonds. The van der Waals surface area contributed by atoms with Crippen LogP contribution in [-0.2, 0) is 11.3 Å². The van der Waals surface area contributed by atoms with Crippen LogP contribution in [0.4, 0.5) is 0 Å². The minimum Gasteiger partial charge on any atom is -0.454 e. The van der Waals surface area contributed by atoms with E-state index < -0.39 is 5.25 Å². The Kier molecular flexibility index (Phi) is 5.59. The van der Waals surface area contributed by atoms with Crippen LogP contribution in [0.2, 0.25) is 0 Å². The second-order valence-corrected chi connectivity index (χ2v) is 9.42. The summed E-state index contributed by atoms with van der Waals surface area (Å²) in [5.41, 5.74) is 2.55. The number of nitrogens with one attached hydrogen (secondary N) is 2. The van der Waals surface area contributed by atoms with Crippen LogP contribution in [0.1, 0.15) is 12.5 Å². The minimum atomic E-state index is -0.432. The zero-order valence-corrected chi connectivity index (χ0v) is 18.7. The van der Waals surface area contributed by atoms with Gasteiger partial charge in [-0.3, -0.25) is 9.59 Å². The highest BCUT2D eigenvalue weighted by Gasteiger charge is 2.19. The van der Waals surface area contributed by atoms with E-state index in [4.69, 9.17) is 9.47 Å². The van der Waals surface area contributed by atoms with Crippen LogP contribution in [0.3, 0.4) is 0 Å². The normalized spacial score (nSPS) is 13.3. The lowest BCUT2D eigenvalue weighted by Gasteiger charge is -2.12. The Hall–Kier alpha value is -3.30. The number of aromatic amines is 1. The van der Waals surface area contributed by atoms with Gasteiger partial charge in [0.05, 0.1) is 10.6 Å². The van der Waals surface area contributed by atoms with Gasteiger partial charge in [0.1, 0.15) is 4.83 Å². The van der Waals surface area contributed by atoms with Crippen molar-refractivity contribution in [2.45, 2.75) is 23.9 Å². The molecule has 0 unspecified atom stereocenters. The predicted molar refractivity (Wildman–Crippen MR) is 125 cm³/mol. The van der Waals surface area contributed by atoms with E-state index in [0.717, 1.165) is 16.7 Å². The van der Waals surface area contributed by atoms with Crippen LogP contribution in [0.5, 0.6) is 11.5 Å². The van der Waals surface area contributed by atoms with Crippen molar-refractivity contribution in [2.24, 2.45) is 0 Å².